The number of nitrogens with zero attached hydrogens (tertiary/aromatic N) is 2. The normalized spacial score (nSPS) is 10.4. The lowest BCUT2D eigenvalue weighted by atomic mass is 10.2. The lowest BCUT2D eigenvalue weighted by molar-refractivity contribution is 0.112. The van der Waals surface area contributed by atoms with E-state index in [9.17, 15) is 4.79 Å². The molecule has 0 saturated heterocycles. The molecule has 3 nitrogen and oxygen atoms in total. The fourth-order valence-corrected chi connectivity index (χ4v) is 3.04. The molecule has 0 amide bonds. The number of aryl methyl sites for hydroxylation is 2. The largest absolute Gasteiger partial charge is 0.298 e. The summed E-state index contributed by atoms with van der Waals surface area (Å²) in [5.41, 5.74) is 2.49. The van der Waals surface area contributed by atoms with Crippen molar-refractivity contribution in [2.75, 3.05) is 0 Å². The first kappa shape index (κ1) is 13.2. The van der Waals surface area contributed by atoms with Crippen molar-refractivity contribution in [1.29, 1.82) is 0 Å². The van der Waals surface area contributed by atoms with E-state index in [0.29, 0.717) is 10.7 Å². The Hall–Kier alpha value is -1.20. The first-order chi connectivity index (χ1) is 8.58. The van der Waals surface area contributed by atoms with Gasteiger partial charge in [0.15, 0.2) is 11.4 Å². The summed E-state index contributed by atoms with van der Waals surface area (Å²) in [6.07, 6.45) is 0.845. The Morgan fingerprint density at radius 3 is 2.44 bits per heavy atom. The number of hydrogen-bond donors (Lipinski definition) is 0. The molecule has 0 aliphatic rings. The average Bonchev–Trinajstić information content (AvgIpc) is 2.27. The Balaban J connectivity index is 2.38. The maximum Gasteiger partial charge on any atom is 0.192 e. The monoisotopic (exact) mass is 322 g/mol. The minimum atomic E-state index is 0.644. The number of aldehydes is 1. The third-order valence-corrected chi connectivity index (χ3v) is 3.70. The third kappa shape index (κ3) is 3.17. The molecule has 0 bridgehead atoms. The van der Waals surface area contributed by atoms with Gasteiger partial charge in [-0.1, -0.05) is 15.9 Å². The van der Waals surface area contributed by atoms with Crippen LogP contribution in [0.3, 0.4) is 0 Å². The van der Waals surface area contributed by atoms with E-state index in [1.165, 1.54) is 11.8 Å². The van der Waals surface area contributed by atoms with Crippen LogP contribution in [0.2, 0.25) is 0 Å². The maximum absolute atomic E-state index is 11.0. The first-order valence-electron chi connectivity index (χ1n) is 5.33. The second kappa shape index (κ2) is 5.63. The highest BCUT2D eigenvalue weighted by atomic mass is 79.9. The number of benzene rings is 1. The standard InChI is InChI=1S/C13H11BrN2OS/c1-8-5-9(2)16-13(15-8)18-12-6-11(14)4-3-10(12)7-17/h3-7H,1-2H3. The van der Waals surface area contributed by atoms with Gasteiger partial charge in [-0.2, -0.15) is 0 Å². The molecule has 5 heteroatoms. The molecule has 1 aromatic carbocycles. The van der Waals surface area contributed by atoms with E-state index in [0.717, 1.165) is 27.0 Å². The van der Waals surface area contributed by atoms with Crippen molar-refractivity contribution in [3.8, 4) is 0 Å². The minimum Gasteiger partial charge on any atom is -0.298 e. The van der Waals surface area contributed by atoms with Gasteiger partial charge in [-0.25, -0.2) is 9.97 Å². The van der Waals surface area contributed by atoms with E-state index in [1.807, 2.05) is 32.0 Å². The van der Waals surface area contributed by atoms with Crippen molar-refractivity contribution in [3.63, 3.8) is 0 Å². The molecule has 0 unspecified atom stereocenters. The van der Waals surface area contributed by atoms with E-state index in [-0.39, 0.29) is 0 Å². The smallest absolute Gasteiger partial charge is 0.192 e. The molecule has 0 radical (unpaired) electrons. The minimum absolute atomic E-state index is 0.644. The van der Waals surface area contributed by atoms with Crippen molar-refractivity contribution < 1.29 is 4.79 Å². The van der Waals surface area contributed by atoms with Crippen LogP contribution in [0.15, 0.2) is 38.8 Å². The second-order valence-corrected chi connectivity index (χ2v) is 5.76. The summed E-state index contributed by atoms with van der Waals surface area (Å²) < 4.78 is 0.931. The molecular formula is C13H11BrN2OS. The highest BCUT2D eigenvalue weighted by Crippen LogP contribution is 2.30. The Morgan fingerprint density at radius 1 is 1.17 bits per heavy atom. The molecule has 1 aromatic heterocycles. The summed E-state index contributed by atoms with van der Waals surface area (Å²) >= 11 is 4.80. The van der Waals surface area contributed by atoms with Gasteiger partial charge in [0.25, 0.3) is 0 Å². The van der Waals surface area contributed by atoms with Crippen LogP contribution in [0, 0.1) is 13.8 Å². The molecular weight excluding hydrogens is 312 g/mol. The Kier molecular flexibility index (Phi) is 4.14. The Labute approximate surface area is 118 Å². The Morgan fingerprint density at radius 2 is 1.83 bits per heavy atom. The molecule has 2 rings (SSSR count). The van der Waals surface area contributed by atoms with Gasteiger partial charge in [-0.05, 0) is 49.9 Å². The number of aromatic nitrogens is 2. The van der Waals surface area contributed by atoms with Crippen LogP contribution in [0.5, 0.6) is 0 Å². The summed E-state index contributed by atoms with van der Waals surface area (Å²) in [4.78, 5) is 20.6. The highest BCUT2D eigenvalue weighted by molar-refractivity contribution is 9.10. The molecule has 1 heterocycles. The van der Waals surface area contributed by atoms with Crippen molar-refractivity contribution in [2.24, 2.45) is 0 Å². The molecule has 0 atom stereocenters. The molecule has 92 valence electrons. The molecule has 0 aliphatic heterocycles. The molecule has 0 aliphatic carbocycles. The van der Waals surface area contributed by atoms with Crippen LogP contribution in [0.1, 0.15) is 21.7 Å². The number of carbonyl (C=O) groups excluding carboxylic acids is 1. The van der Waals surface area contributed by atoms with Gasteiger partial charge in [-0.15, -0.1) is 0 Å². The van der Waals surface area contributed by atoms with E-state index in [2.05, 4.69) is 25.9 Å². The predicted octanol–water partition coefficient (Wildman–Crippen LogP) is 3.82. The lowest BCUT2D eigenvalue weighted by Crippen LogP contribution is -1.94. The van der Waals surface area contributed by atoms with Crippen LogP contribution in [0.4, 0.5) is 0 Å². The van der Waals surface area contributed by atoms with Crippen LogP contribution in [-0.4, -0.2) is 16.3 Å². The fourth-order valence-electron chi connectivity index (χ4n) is 1.53. The van der Waals surface area contributed by atoms with Gasteiger partial charge in [-0.3, -0.25) is 4.79 Å². The predicted molar refractivity (Wildman–Crippen MR) is 75.2 cm³/mol. The van der Waals surface area contributed by atoms with E-state index in [1.54, 1.807) is 6.07 Å². The molecule has 0 saturated carbocycles. The number of halogens is 1. The van der Waals surface area contributed by atoms with Crippen molar-refractivity contribution >= 4 is 34.0 Å². The van der Waals surface area contributed by atoms with Crippen LogP contribution < -0.4 is 0 Å². The zero-order valence-electron chi connectivity index (χ0n) is 9.98. The zero-order chi connectivity index (χ0) is 13.1. The van der Waals surface area contributed by atoms with Gasteiger partial charge in [0.05, 0.1) is 0 Å². The summed E-state index contributed by atoms with van der Waals surface area (Å²) in [5, 5.41) is 0.661. The van der Waals surface area contributed by atoms with Gasteiger partial charge in [0, 0.05) is 26.3 Å². The second-order valence-electron chi connectivity index (χ2n) is 3.84. The molecule has 2 aromatic rings. The highest BCUT2D eigenvalue weighted by Gasteiger charge is 2.07. The molecule has 0 N–H and O–H groups in total. The molecule has 0 fully saturated rings. The van der Waals surface area contributed by atoms with Crippen molar-refractivity contribution in [3.05, 3.63) is 45.7 Å². The van der Waals surface area contributed by atoms with Gasteiger partial charge >= 0.3 is 0 Å². The third-order valence-electron chi connectivity index (χ3n) is 2.27. The lowest BCUT2D eigenvalue weighted by Gasteiger charge is -2.05. The first-order valence-corrected chi connectivity index (χ1v) is 6.94. The van der Waals surface area contributed by atoms with Crippen LogP contribution >= 0.6 is 27.7 Å². The average molecular weight is 323 g/mol. The number of rotatable bonds is 3. The van der Waals surface area contributed by atoms with E-state index < -0.39 is 0 Å². The summed E-state index contributed by atoms with van der Waals surface area (Å²) in [6, 6.07) is 7.44. The quantitative estimate of drug-likeness (QED) is 0.636. The molecule has 0 spiro atoms. The SMILES string of the molecule is Cc1cc(C)nc(Sc2cc(Br)ccc2C=O)n1. The fraction of sp³-hybridized carbons (Fsp3) is 0.154. The molecule has 18 heavy (non-hydrogen) atoms. The maximum atomic E-state index is 11.0. The van der Waals surface area contributed by atoms with E-state index >= 15 is 0 Å². The van der Waals surface area contributed by atoms with Crippen LogP contribution in [0.25, 0.3) is 0 Å². The van der Waals surface area contributed by atoms with E-state index in [4.69, 9.17) is 0 Å². The van der Waals surface area contributed by atoms with Gasteiger partial charge in [0.2, 0.25) is 0 Å². The summed E-state index contributed by atoms with van der Waals surface area (Å²) in [7, 11) is 0. The van der Waals surface area contributed by atoms with Crippen LogP contribution in [-0.2, 0) is 0 Å². The zero-order valence-corrected chi connectivity index (χ0v) is 12.4. The summed E-state index contributed by atoms with van der Waals surface area (Å²) in [5.74, 6) is 0. The van der Waals surface area contributed by atoms with Gasteiger partial charge in [0.1, 0.15) is 0 Å². The summed E-state index contributed by atoms with van der Waals surface area (Å²) in [6.45, 7) is 3.86. The Bertz CT molecular complexity index is 581. The van der Waals surface area contributed by atoms with Crippen molar-refractivity contribution in [1.82, 2.24) is 9.97 Å². The topological polar surface area (TPSA) is 42.9 Å². The number of carbonyl (C=O) groups is 1. The number of hydrogen-bond acceptors (Lipinski definition) is 4. The van der Waals surface area contributed by atoms with Crippen molar-refractivity contribution in [2.45, 2.75) is 23.9 Å². The van der Waals surface area contributed by atoms with Gasteiger partial charge < -0.3 is 0 Å².